The third-order valence-electron chi connectivity index (χ3n) is 5.63. The molecule has 1 atom stereocenters. The van der Waals surface area contributed by atoms with E-state index in [0.29, 0.717) is 23.7 Å². The molecule has 0 aromatic heterocycles. The fourth-order valence-electron chi connectivity index (χ4n) is 3.69. The van der Waals surface area contributed by atoms with Gasteiger partial charge in [-0.25, -0.2) is 8.42 Å². The summed E-state index contributed by atoms with van der Waals surface area (Å²) in [5.41, 5.74) is 2.24. The van der Waals surface area contributed by atoms with Crippen LogP contribution in [-0.2, 0) is 26.2 Å². The van der Waals surface area contributed by atoms with Crippen LogP contribution in [-0.4, -0.2) is 50.5 Å². The summed E-state index contributed by atoms with van der Waals surface area (Å²) < 4.78 is 26.2. The van der Waals surface area contributed by atoms with E-state index in [1.807, 2.05) is 39.0 Å². The lowest BCUT2D eigenvalue weighted by atomic mass is 10.1. The zero-order valence-corrected chi connectivity index (χ0v) is 22.7. The number of aryl methyl sites for hydroxylation is 1. The van der Waals surface area contributed by atoms with Gasteiger partial charge in [0.2, 0.25) is 21.8 Å². The number of rotatable bonds is 12. The van der Waals surface area contributed by atoms with Crippen molar-refractivity contribution in [3.8, 4) is 0 Å². The summed E-state index contributed by atoms with van der Waals surface area (Å²) in [5.74, 6) is -0.172. The van der Waals surface area contributed by atoms with Crippen molar-refractivity contribution in [1.82, 2.24) is 10.2 Å². The predicted octanol–water partition coefficient (Wildman–Crippen LogP) is 4.38. The molecule has 0 aliphatic heterocycles. The van der Waals surface area contributed by atoms with E-state index in [-0.39, 0.29) is 37.2 Å². The second-order valence-electron chi connectivity index (χ2n) is 9.19. The average molecular weight is 522 g/mol. The van der Waals surface area contributed by atoms with Crippen LogP contribution in [0.4, 0.5) is 5.69 Å². The van der Waals surface area contributed by atoms with Crippen molar-refractivity contribution in [1.29, 1.82) is 0 Å². The first kappa shape index (κ1) is 28.7. The lowest BCUT2D eigenvalue weighted by molar-refractivity contribution is -0.140. The third-order valence-corrected chi connectivity index (χ3v) is 7.05. The van der Waals surface area contributed by atoms with Crippen LogP contribution in [0.25, 0.3) is 0 Å². The molecule has 0 unspecified atom stereocenters. The number of amides is 2. The number of benzene rings is 2. The Kier molecular flexibility index (Phi) is 10.6. The van der Waals surface area contributed by atoms with Gasteiger partial charge in [-0.1, -0.05) is 55.8 Å². The van der Waals surface area contributed by atoms with Crippen LogP contribution in [0.2, 0.25) is 5.02 Å². The Morgan fingerprint density at radius 3 is 2.34 bits per heavy atom. The molecule has 9 heteroatoms. The number of anilines is 1. The number of sulfonamides is 1. The Balaban J connectivity index is 2.17. The number of hydrogen-bond acceptors (Lipinski definition) is 4. The van der Waals surface area contributed by atoms with Crippen LogP contribution in [0.3, 0.4) is 0 Å². The van der Waals surface area contributed by atoms with Crippen molar-refractivity contribution in [3.63, 3.8) is 0 Å². The van der Waals surface area contributed by atoms with Crippen molar-refractivity contribution < 1.29 is 18.0 Å². The highest BCUT2D eigenvalue weighted by Crippen LogP contribution is 2.23. The van der Waals surface area contributed by atoms with Gasteiger partial charge < -0.3 is 10.2 Å². The van der Waals surface area contributed by atoms with E-state index in [1.165, 1.54) is 9.21 Å². The largest absolute Gasteiger partial charge is 0.354 e. The van der Waals surface area contributed by atoms with E-state index in [1.54, 1.807) is 37.3 Å². The highest BCUT2D eigenvalue weighted by Gasteiger charge is 2.27. The fraction of sp³-hybridized carbons (Fsp3) is 0.462. The van der Waals surface area contributed by atoms with Gasteiger partial charge in [0.15, 0.2) is 0 Å². The molecule has 192 valence electrons. The van der Waals surface area contributed by atoms with E-state index in [0.717, 1.165) is 17.4 Å². The number of nitrogens with zero attached hydrogens (tertiary/aromatic N) is 2. The van der Waals surface area contributed by atoms with Crippen molar-refractivity contribution in [2.24, 2.45) is 5.92 Å². The Bertz CT molecular complexity index is 1120. The maximum absolute atomic E-state index is 13.3. The van der Waals surface area contributed by atoms with Gasteiger partial charge in [0, 0.05) is 31.1 Å². The van der Waals surface area contributed by atoms with Gasteiger partial charge >= 0.3 is 0 Å². The topological polar surface area (TPSA) is 86.8 Å². The van der Waals surface area contributed by atoms with Gasteiger partial charge in [0.05, 0.1) is 11.9 Å². The summed E-state index contributed by atoms with van der Waals surface area (Å²) in [6, 6.07) is 13.7. The third kappa shape index (κ3) is 8.85. The molecule has 1 N–H and O–H groups in total. The van der Waals surface area contributed by atoms with Crippen molar-refractivity contribution in [2.75, 3.05) is 23.7 Å². The molecule has 0 heterocycles. The maximum Gasteiger partial charge on any atom is 0.242 e. The number of hydrogen-bond donors (Lipinski definition) is 1. The Hall–Kier alpha value is -2.58. The van der Waals surface area contributed by atoms with E-state index in [4.69, 9.17) is 11.6 Å². The smallest absolute Gasteiger partial charge is 0.242 e. The molecule has 2 aromatic carbocycles. The lowest BCUT2D eigenvalue weighted by Gasteiger charge is -2.30. The summed E-state index contributed by atoms with van der Waals surface area (Å²) in [6.45, 7) is 8.46. The molecule has 0 fully saturated rings. The van der Waals surface area contributed by atoms with Crippen LogP contribution in [0.15, 0.2) is 48.5 Å². The summed E-state index contributed by atoms with van der Waals surface area (Å²) in [6.07, 6.45) is 1.57. The molecule has 2 aromatic rings. The Morgan fingerprint density at radius 2 is 1.74 bits per heavy atom. The summed E-state index contributed by atoms with van der Waals surface area (Å²) in [4.78, 5) is 27.6. The van der Waals surface area contributed by atoms with Crippen LogP contribution in [0, 0.1) is 12.8 Å². The number of halogens is 1. The molecule has 0 spiro atoms. The molecular weight excluding hydrogens is 486 g/mol. The van der Waals surface area contributed by atoms with E-state index in [2.05, 4.69) is 5.32 Å². The minimum Gasteiger partial charge on any atom is -0.354 e. The van der Waals surface area contributed by atoms with Crippen LogP contribution in [0.5, 0.6) is 0 Å². The van der Waals surface area contributed by atoms with Crippen molar-refractivity contribution >= 4 is 39.1 Å². The first-order chi connectivity index (χ1) is 16.4. The second-order valence-corrected chi connectivity index (χ2v) is 11.5. The van der Waals surface area contributed by atoms with Crippen molar-refractivity contribution in [2.45, 2.75) is 53.1 Å². The van der Waals surface area contributed by atoms with E-state index >= 15 is 0 Å². The molecule has 2 amide bonds. The van der Waals surface area contributed by atoms with E-state index < -0.39 is 16.1 Å². The van der Waals surface area contributed by atoms with Crippen molar-refractivity contribution in [3.05, 3.63) is 64.7 Å². The normalized spacial score (nSPS) is 12.3. The molecule has 0 saturated heterocycles. The minimum absolute atomic E-state index is 0.0975. The van der Waals surface area contributed by atoms with Gasteiger partial charge in [0.1, 0.15) is 6.04 Å². The quantitative estimate of drug-likeness (QED) is 0.449. The summed E-state index contributed by atoms with van der Waals surface area (Å²) in [5, 5.41) is 3.44. The monoisotopic (exact) mass is 521 g/mol. The molecule has 0 aliphatic carbocycles. The van der Waals surface area contributed by atoms with Crippen LogP contribution < -0.4 is 9.62 Å². The molecule has 0 saturated carbocycles. The predicted molar refractivity (Wildman–Crippen MR) is 142 cm³/mol. The first-order valence-electron chi connectivity index (χ1n) is 11.7. The van der Waals surface area contributed by atoms with Crippen LogP contribution >= 0.6 is 11.6 Å². The summed E-state index contributed by atoms with van der Waals surface area (Å²) >= 11 is 6.12. The Morgan fingerprint density at radius 1 is 1.06 bits per heavy atom. The number of carbonyl (C=O) groups excluding carboxylic acids is 2. The van der Waals surface area contributed by atoms with E-state index in [9.17, 15) is 18.0 Å². The van der Waals surface area contributed by atoms with Gasteiger partial charge in [-0.3, -0.25) is 13.9 Å². The molecule has 0 bridgehead atoms. The number of nitrogens with one attached hydrogen (secondary N) is 1. The van der Waals surface area contributed by atoms with Gasteiger partial charge in [0.25, 0.3) is 0 Å². The second kappa shape index (κ2) is 12.9. The lowest BCUT2D eigenvalue weighted by Crippen LogP contribution is -2.48. The molecule has 35 heavy (non-hydrogen) atoms. The molecule has 7 nitrogen and oxygen atoms in total. The van der Waals surface area contributed by atoms with Gasteiger partial charge in [-0.05, 0) is 55.5 Å². The fourth-order valence-corrected chi connectivity index (χ4v) is 4.93. The average Bonchev–Trinajstić information content (AvgIpc) is 2.78. The maximum atomic E-state index is 13.3. The highest BCUT2D eigenvalue weighted by molar-refractivity contribution is 7.92. The molecular formula is C26H36ClN3O4S. The SMILES string of the molecule is Cc1ccccc1N(CCCC(=O)N(Cc1cccc(Cl)c1)[C@H](C)C(=O)NCC(C)C)S(C)(=O)=O. The highest BCUT2D eigenvalue weighted by atomic mass is 35.5. The molecule has 0 aliphatic rings. The first-order valence-corrected chi connectivity index (χ1v) is 14.0. The zero-order chi connectivity index (χ0) is 26.2. The summed E-state index contributed by atoms with van der Waals surface area (Å²) in [7, 11) is -3.53. The molecule has 2 rings (SSSR count). The molecule has 0 radical (unpaired) electrons. The Labute approximate surface area is 214 Å². The standard InChI is InChI=1S/C26H36ClN3O4S/c1-19(2)17-28-26(32)21(4)29(18-22-11-8-12-23(27)16-22)25(31)14-9-15-30(35(5,33)34)24-13-7-6-10-20(24)3/h6-8,10-13,16,19,21H,9,14-15,17-18H2,1-5H3,(H,28,32)/t21-/m1/s1. The van der Waals surface area contributed by atoms with Gasteiger partial charge in [-0.2, -0.15) is 0 Å². The minimum atomic E-state index is -3.53. The number of para-hydroxylation sites is 1. The van der Waals surface area contributed by atoms with Crippen LogP contribution in [0.1, 0.15) is 44.7 Å². The zero-order valence-electron chi connectivity index (χ0n) is 21.1. The number of carbonyl (C=O) groups is 2. The van der Waals surface area contributed by atoms with Gasteiger partial charge in [-0.15, -0.1) is 0 Å².